The number of aliphatic hydroxyl groups is 1. The van der Waals surface area contributed by atoms with E-state index < -0.39 is 0 Å². The molecule has 0 saturated heterocycles. The quantitative estimate of drug-likeness (QED) is 0.584. The lowest BCUT2D eigenvalue weighted by molar-refractivity contribution is 0.0257. The fraction of sp³-hybridized carbons (Fsp3) is 0.833. The fourth-order valence-electron chi connectivity index (χ4n) is 0.881. The molecule has 0 saturated carbocycles. The average Bonchev–Trinajstić information content (AvgIpc) is 2.18. The highest BCUT2D eigenvalue weighted by Crippen LogP contribution is 2.07. The zero-order valence-corrected chi connectivity index (χ0v) is 5.62. The van der Waals surface area contributed by atoms with Gasteiger partial charge in [0, 0.05) is 19.2 Å². The minimum atomic E-state index is -0.357. The molecule has 1 aliphatic heterocycles. The Bertz CT molecular complexity index is 114. The van der Waals surface area contributed by atoms with Crippen LogP contribution in [0.15, 0.2) is 5.10 Å². The first-order valence-corrected chi connectivity index (χ1v) is 3.31. The summed E-state index contributed by atoms with van der Waals surface area (Å²) in [5, 5.41) is 14.8. The van der Waals surface area contributed by atoms with E-state index in [2.05, 4.69) is 12.0 Å². The van der Waals surface area contributed by atoms with Gasteiger partial charge in [-0.1, -0.05) is 6.92 Å². The van der Waals surface area contributed by atoms with E-state index in [9.17, 15) is 0 Å². The molecule has 1 rings (SSSR count). The van der Waals surface area contributed by atoms with Crippen LogP contribution in [-0.2, 0) is 0 Å². The Kier molecular flexibility index (Phi) is 2.05. The minimum absolute atomic E-state index is 0.357. The zero-order chi connectivity index (χ0) is 6.69. The van der Waals surface area contributed by atoms with E-state index in [4.69, 9.17) is 5.11 Å². The van der Waals surface area contributed by atoms with Crippen molar-refractivity contribution in [3.63, 3.8) is 0 Å². The Morgan fingerprint density at radius 1 is 1.89 bits per heavy atom. The van der Waals surface area contributed by atoms with Crippen LogP contribution < -0.4 is 0 Å². The topological polar surface area (TPSA) is 35.8 Å². The molecule has 0 bridgehead atoms. The van der Waals surface area contributed by atoms with Crippen molar-refractivity contribution in [2.45, 2.75) is 26.0 Å². The zero-order valence-electron chi connectivity index (χ0n) is 5.62. The minimum Gasteiger partial charge on any atom is -0.372 e. The van der Waals surface area contributed by atoms with Gasteiger partial charge in [0.15, 0.2) is 0 Å². The highest BCUT2D eigenvalue weighted by atomic mass is 16.3. The first-order chi connectivity index (χ1) is 4.34. The number of hydrogen-bond donors (Lipinski definition) is 1. The SMILES string of the molecule is CCCN1N=CCC1O. The smallest absolute Gasteiger partial charge is 0.147 e. The molecule has 9 heavy (non-hydrogen) atoms. The second kappa shape index (κ2) is 2.82. The first kappa shape index (κ1) is 6.55. The van der Waals surface area contributed by atoms with Crippen molar-refractivity contribution in [2.75, 3.05) is 6.54 Å². The van der Waals surface area contributed by atoms with Gasteiger partial charge < -0.3 is 5.11 Å². The molecular weight excluding hydrogens is 116 g/mol. The van der Waals surface area contributed by atoms with Crippen LogP contribution in [0.25, 0.3) is 0 Å². The monoisotopic (exact) mass is 128 g/mol. The highest BCUT2D eigenvalue weighted by molar-refractivity contribution is 5.59. The van der Waals surface area contributed by atoms with Gasteiger partial charge in [0.25, 0.3) is 0 Å². The molecule has 1 atom stereocenters. The molecule has 0 aromatic heterocycles. The normalized spacial score (nSPS) is 25.6. The van der Waals surface area contributed by atoms with Crippen molar-refractivity contribution in [2.24, 2.45) is 5.10 Å². The molecule has 0 spiro atoms. The summed E-state index contributed by atoms with van der Waals surface area (Å²) in [6.07, 6.45) is 3.11. The molecule has 0 fully saturated rings. The van der Waals surface area contributed by atoms with Crippen LogP contribution in [0.4, 0.5) is 0 Å². The van der Waals surface area contributed by atoms with E-state index >= 15 is 0 Å². The number of nitrogens with zero attached hydrogens (tertiary/aromatic N) is 2. The number of hydrogen-bond acceptors (Lipinski definition) is 3. The van der Waals surface area contributed by atoms with Crippen LogP contribution >= 0.6 is 0 Å². The Labute approximate surface area is 55.0 Å². The molecule has 1 unspecified atom stereocenters. The van der Waals surface area contributed by atoms with Gasteiger partial charge in [-0.2, -0.15) is 5.10 Å². The molecule has 3 heteroatoms. The Balaban J connectivity index is 2.31. The van der Waals surface area contributed by atoms with Crippen molar-refractivity contribution < 1.29 is 5.11 Å². The van der Waals surface area contributed by atoms with Crippen molar-refractivity contribution >= 4 is 6.21 Å². The summed E-state index contributed by atoms with van der Waals surface area (Å²) in [5.74, 6) is 0. The Hall–Kier alpha value is -0.570. The van der Waals surface area contributed by atoms with Crippen molar-refractivity contribution in [1.29, 1.82) is 0 Å². The molecule has 1 heterocycles. The number of rotatable bonds is 2. The van der Waals surface area contributed by atoms with Gasteiger partial charge in [0.05, 0.1) is 0 Å². The van der Waals surface area contributed by atoms with E-state index in [0.29, 0.717) is 6.42 Å². The molecule has 0 aliphatic carbocycles. The van der Waals surface area contributed by atoms with Gasteiger partial charge in [0.1, 0.15) is 6.23 Å². The van der Waals surface area contributed by atoms with Gasteiger partial charge in [-0.05, 0) is 6.42 Å². The predicted octanol–water partition coefficient (Wildman–Crippen LogP) is 0.406. The van der Waals surface area contributed by atoms with E-state index in [-0.39, 0.29) is 6.23 Å². The lowest BCUT2D eigenvalue weighted by Gasteiger charge is -2.17. The lowest BCUT2D eigenvalue weighted by Crippen LogP contribution is -2.26. The van der Waals surface area contributed by atoms with Gasteiger partial charge >= 0.3 is 0 Å². The maximum Gasteiger partial charge on any atom is 0.147 e. The molecule has 3 nitrogen and oxygen atoms in total. The highest BCUT2D eigenvalue weighted by Gasteiger charge is 2.14. The molecular formula is C6H12N2O. The van der Waals surface area contributed by atoms with E-state index in [0.717, 1.165) is 13.0 Å². The third kappa shape index (κ3) is 1.42. The van der Waals surface area contributed by atoms with Crippen molar-refractivity contribution in [3.8, 4) is 0 Å². The lowest BCUT2D eigenvalue weighted by atomic mass is 10.4. The van der Waals surface area contributed by atoms with Crippen molar-refractivity contribution in [3.05, 3.63) is 0 Å². The van der Waals surface area contributed by atoms with Crippen LogP contribution in [0.1, 0.15) is 19.8 Å². The number of aliphatic hydroxyl groups excluding tert-OH is 1. The fourth-order valence-corrected chi connectivity index (χ4v) is 0.881. The second-order valence-corrected chi connectivity index (χ2v) is 2.18. The molecule has 0 amide bonds. The molecule has 0 aromatic rings. The van der Waals surface area contributed by atoms with Crippen molar-refractivity contribution in [1.82, 2.24) is 5.01 Å². The Morgan fingerprint density at radius 2 is 2.67 bits per heavy atom. The van der Waals surface area contributed by atoms with Crippen LogP contribution in [0.5, 0.6) is 0 Å². The maximum absolute atomic E-state index is 9.12. The Morgan fingerprint density at radius 3 is 3.11 bits per heavy atom. The molecule has 52 valence electrons. The summed E-state index contributed by atoms with van der Waals surface area (Å²) in [4.78, 5) is 0. The predicted molar refractivity (Wildman–Crippen MR) is 36.1 cm³/mol. The van der Waals surface area contributed by atoms with E-state index in [1.807, 2.05) is 0 Å². The summed E-state index contributed by atoms with van der Waals surface area (Å²) in [6.45, 7) is 2.93. The van der Waals surface area contributed by atoms with Crippen LogP contribution in [0, 0.1) is 0 Å². The van der Waals surface area contributed by atoms with E-state index in [1.54, 1.807) is 11.2 Å². The number of hydrazone groups is 1. The first-order valence-electron chi connectivity index (χ1n) is 3.31. The van der Waals surface area contributed by atoms with Crippen LogP contribution in [-0.4, -0.2) is 29.1 Å². The average molecular weight is 128 g/mol. The summed E-state index contributed by atoms with van der Waals surface area (Å²) in [7, 11) is 0. The van der Waals surface area contributed by atoms with Gasteiger partial charge in [0.2, 0.25) is 0 Å². The molecule has 1 N–H and O–H groups in total. The summed E-state index contributed by atoms with van der Waals surface area (Å²) >= 11 is 0. The summed E-state index contributed by atoms with van der Waals surface area (Å²) < 4.78 is 0. The van der Waals surface area contributed by atoms with Gasteiger partial charge in [-0.3, -0.25) is 5.01 Å². The molecule has 0 radical (unpaired) electrons. The van der Waals surface area contributed by atoms with Gasteiger partial charge in [-0.25, -0.2) is 0 Å². The molecule has 0 aromatic carbocycles. The van der Waals surface area contributed by atoms with E-state index in [1.165, 1.54) is 0 Å². The second-order valence-electron chi connectivity index (χ2n) is 2.18. The summed E-state index contributed by atoms with van der Waals surface area (Å²) in [5.41, 5.74) is 0. The van der Waals surface area contributed by atoms with Crippen LogP contribution in [0.3, 0.4) is 0 Å². The third-order valence-electron chi connectivity index (χ3n) is 1.34. The van der Waals surface area contributed by atoms with Crippen LogP contribution in [0.2, 0.25) is 0 Å². The standard InChI is InChI=1S/C6H12N2O/c1-2-5-8-6(9)3-4-7-8/h4,6,9H,2-3,5H2,1H3. The third-order valence-corrected chi connectivity index (χ3v) is 1.34. The molecule has 1 aliphatic rings. The maximum atomic E-state index is 9.12. The largest absolute Gasteiger partial charge is 0.372 e. The van der Waals surface area contributed by atoms with Gasteiger partial charge in [-0.15, -0.1) is 0 Å². The summed E-state index contributed by atoms with van der Waals surface area (Å²) in [6, 6.07) is 0.